The van der Waals surface area contributed by atoms with E-state index in [1.807, 2.05) is 0 Å². The third-order valence-electron chi connectivity index (χ3n) is 3.36. The Morgan fingerprint density at radius 2 is 1.93 bits per heavy atom. The fraction of sp³-hybridized carbons (Fsp3) is 0.111. The highest BCUT2D eigenvalue weighted by Gasteiger charge is 2.21. The second-order valence-corrected chi connectivity index (χ2v) is 7.98. The van der Waals surface area contributed by atoms with Crippen molar-refractivity contribution in [3.05, 3.63) is 71.0 Å². The van der Waals surface area contributed by atoms with E-state index >= 15 is 0 Å². The minimum atomic E-state index is -4.17. The van der Waals surface area contributed by atoms with Gasteiger partial charge in [0.25, 0.3) is 5.91 Å². The zero-order valence-electron chi connectivity index (χ0n) is 14.4. The maximum Gasteiger partial charge on any atom is 0.338 e. The highest BCUT2D eigenvalue weighted by molar-refractivity contribution is 9.10. The number of rotatable bonds is 8. The van der Waals surface area contributed by atoms with Crippen LogP contribution in [0.1, 0.15) is 10.4 Å². The van der Waals surface area contributed by atoms with Crippen LogP contribution in [-0.4, -0.2) is 33.4 Å². The third-order valence-corrected chi connectivity index (χ3v) is 5.49. The summed E-state index contributed by atoms with van der Waals surface area (Å²) in [5.41, 5.74) is 0.279. The van der Waals surface area contributed by atoms with Crippen LogP contribution in [0.2, 0.25) is 0 Å². The molecule has 10 heteroatoms. The van der Waals surface area contributed by atoms with Gasteiger partial charge < -0.3 is 10.1 Å². The van der Waals surface area contributed by atoms with Crippen molar-refractivity contribution in [2.45, 2.75) is 4.90 Å². The summed E-state index contributed by atoms with van der Waals surface area (Å²) >= 11 is 3.27. The standard InChI is InChI=1S/C18H16BrFN2O5S/c1-2-9-21-28(25,26)16-10-12(7-8-14(16)20)18(24)27-11-17(23)22-15-6-4-3-5-13(15)19/h2-8,10,21H,1,9,11H2,(H,22,23). The summed E-state index contributed by atoms with van der Waals surface area (Å²) in [5.74, 6) is -2.59. The Morgan fingerprint density at radius 3 is 2.61 bits per heavy atom. The molecule has 0 heterocycles. The normalized spacial score (nSPS) is 10.9. The van der Waals surface area contributed by atoms with Gasteiger partial charge in [0.2, 0.25) is 10.0 Å². The first kappa shape index (κ1) is 21.7. The summed E-state index contributed by atoms with van der Waals surface area (Å²) in [6.07, 6.45) is 1.29. The minimum Gasteiger partial charge on any atom is -0.452 e. The van der Waals surface area contributed by atoms with Gasteiger partial charge in [0.05, 0.1) is 11.3 Å². The summed E-state index contributed by atoms with van der Waals surface area (Å²) in [6, 6.07) is 9.60. The first-order chi connectivity index (χ1) is 13.2. The molecule has 2 aromatic carbocycles. The Bertz CT molecular complexity index is 1010. The second kappa shape index (κ2) is 9.58. The number of amides is 1. The lowest BCUT2D eigenvalue weighted by atomic mass is 10.2. The van der Waals surface area contributed by atoms with Gasteiger partial charge in [0.15, 0.2) is 6.61 Å². The van der Waals surface area contributed by atoms with Crippen LogP contribution in [0.15, 0.2) is 64.5 Å². The number of carbonyl (C=O) groups excluding carboxylic acids is 2. The first-order valence-corrected chi connectivity index (χ1v) is 10.1. The molecule has 0 saturated carbocycles. The Labute approximate surface area is 169 Å². The average molecular weight is 471 g/mol. The molecule has 1 amide bonds. The Balaban J connectivity index is 2.06. The van der Waals surface area contributed by atoms with E-state index < -0.39 is 39.2 Å². The third kappa shape index (κ3) is 5.72. The summed E-state index contributed by atoms with van der Waals surface area (Å²) in [7, 11) is -4.17. The molecule has 0 spiro atoms. The highest BCUT2D eigenvalue weighted by Crippen LogP contribution is 2.21. The van der Waals surface area contributed by atoms with Crippen LogP contribution >= 0.6 is 15.9 Å². The number of nitrogens with one attached hydrogen (secondary N) is 2. The van der Waals surface area contributed by atoms with Crippen LogP contribution in [-0.2, 0) is 19.6 Å². The number of halogens is 2. The molecular weight excluding hydrogens is 455 g/mol. The van der Waals surface area contributed by atoms with Crippen LogP contribution in [0.3, 0.4) is 0 Å². The molecule has 0 aliphatic rings. The van der Waals surface area contributed by atoms with Gasteiger partial charge in [-0.2, -0.15) is 0 Å². The van der Waals surface area contributed by atoms with Gasteiger partial charge in [-0.25, -0.2) is 22.3 Å². The Kier molecular flexibility index (Phi) is 7.44. The summed E-state index contributed by atoms with van der Waals surface area (Å²) < 4.78 is 45.6. The lowest BCUT2D eigenvalue weighted by Gasteiger charge is -2.10. The lowest BCUT2D eigenvalue weighted by Crippen LogP contribution is -2.25. The topological polar surface area (TPSA) is 102 Å². The molecule has 2 N–H and O–H groups in total. The SMILES string of the molecule is C=CCNS(=O)(=O)c1cc(C(=O)OCC(=O)Nc2ccccc2Br)ccc1F. The van der Waals surface area contributed by atoms with Crippen LogP contribution in [0, 0.1) is 5.82 Å². The van der Waals surface area contributed by atoms with E-state index in [0.29, 0.717) is 10.2 Å². The average Bonchev–Trinajstić information content (AvgIpc) is 2.66. The Hall–Kier alpha value is -2.56. The molecule has 0 aromatic heterocycles. The first-order valence-electron chi connectivity index (χ1n) is 7.86. The van der Waals surface area contributed by atoms with E-state index in [-0.39, 0.29) is 12.1 Å². The van der Waals surface area contributed by atoms with Gasteiger partial charge >= 0.3 is 5.97 Å². The monoisotopic (exact) mass is 470 g/mol. The molecule has 0 aliphatic carbocycles. The van der Waals surface area contributed by atoms with Crippen LogP contribution < -0.4 is 10.0 Å². The predicted molar refractivity (Wildman–Crippen MR) is 105 cm³/mol. The van der Waals surface area contributed by atoms with Crippen molar-refractivity contribution in [2.24, 2.45) is 0 Å². The molecule has 0 radical (unpaired) electrons. The molecule has 2 aromatic rings. The fourth-order valence-electron chi connectivity index (χ4n) is 2.05. The molecular formula is C18H16BrFN2O5S. The zero-order valence-corrected chi connectivity index (χ0v) is 16.8. The summed E-state index contributed by atoms with van der Waals surface area (Å²) in [6.45, 7) is 2.66. The van der Waals surface area contributed by atoms with Crippen LogP contribution in [0.25, 0.3) is 0 Å². The van der Waals surface area contributed by atoms with Gasteiger partial charge in [-0.1, -0.05) is 18.2 Å². The number of carbonyl (C=O) groups is 2. The number of sulfonamides is 1. The molecule has 28 heavy (non-hydrogen) atoms. The van der Waals surface area contributed by atoms with Gasteiger partial charge in [0, 0.05) is 11.0 Å². The molecule has 0 atom stereocenters. The molecule has 0 aliphatic heterocycles. The lowest BCUT2D eigenvalue weighted by molar-refractivity contribution is -0.119. The number of hydrogen-bond donors (Lipinski definition) is 2. The highest BCUT2D eigenvalue weighted by atomic mass is 79.9. The van der Waals surface area contributed by atoms with Crippen molar-refractivity contribution < 1.29 is 27.1 Å². The van der Waals surface area contributed by atoms with E-state index in [9.17, 15) is 22.4 Å². The van der Waals surface area contributed by atoms with Gasteiger partial charge in [-0.15, -0.1) is 6.58 Å². The van der Waals surface area contributed by atoms with Crippen LogP contribution in [0.4, 0.5) is 10.1 Å². The second-order valence-electron chi connectivity index (χ2n) is 5.39. The quantitative estimate of drug-likeness (QED) is 0.456. The van der Waals surface area contributed by atoms with Gasteiger partial charge in [-0.3, -0.25) is 4.79 Å². The van der Waals surface area contributed by atoms with Gasteiger partial charge in [0.1, 0.15) is 10.7 Å². The van der Waals surface area contributed by atoms with Crippen molar-refractivity contribution in [2.75, 3.05) is 18.5 Å². The molecule has 148 valence electrons. The van der Waals surface area contributed by atoms with E-state index in [1.54, 1.807) is 24.3 Å². The van der Waals surface area contributed by atoms with Crippen molar-refractivity contribution in [3.63, 3.8) is 0 Å². The molecule has 7 nitrogen and oxygen atoms in total. The number of ether oxygens (including phenoxy) is 1. The number of hydrogen-bond acceptors (Lipinski definition) is 5. The van der Waals surface area contributed by atoms with E-state index in [4.69, 9.17) is 4.74 Å². The molecule has 2 rings (SSSR count). The predicted octanol–water partition coefficient (Wildman–Crippen LogP) is 2.85. The van der Waals surface area contributed by atoms with Crippen molar-refractivity contribution >= 4 is 43.5 Å². The molecule has 0 saturated heterocycles. The summed E-state index contributed by atoms with van der Waals surface area (Å²) in [4.78, 5) is 23.3. The van der Waals surface area contributed by atoms with Crippen molar-refractivity contribution in [3.8, 4) is 0 Å². The number of anilines is 1. The molecule has 0 bridgehead atoms. The van der Waals surface area contributed by atoms with Crippen molar-refractivity contribution in [1.82, 2.24) is 4.72 Å². The maximum absolute atomic E-state index is 13.9. The Morgan fingerprint density at radius 1 is 1.21 bits per heavy atom. The number of para-hydroxylation sites is 1. The fourth-order valence-corrected chi connectivity index (χ4v) is 3.53. The minimum absolute atomic E-state index is 0.105. The molecule has 0 fully saturated rings. The maximum atomic E-state index is 13.9. The smallest absolute Gasteiger partial charge is 0.338 e. The van der Waals surface area contributed by atoms with Crippen molar-refractivity contribution in [1.29, 1.82) is 0 Å². The molecule has 0 unspecified atom stereocenters. The van der Waals surface area contributed by atoms with E-state index in [1.165, 1.54) is 6.08 Å². The zero-order chi connectivity index (χ0) is 20.7. The van der Waals surface area contributed by atoms with E-state index in [0.717, 1.165) is 18.2 Å². The number of benzene rings is 2. The number of esters is 1. The van der Waals surface area contributed by atoms with E-state index in [2.05, 4.69) is 32.5 Å². The largest absolute Gasteiger partial charge is 0.452 e. The summed E-state index contributed by atoms with van der Waals surface area (Å²) in [5, 5.41) is 2.55. The van der Waals surface area contributed by atoms with Crippen LogP contribution in [0.5, 0.6) is 0 Å². The van der Waals surface area contributed by atoms with Gasteiger partial charge in [-0.05, 0) is 46.3 Å².